The number of aliphatic imine (C=N–C) groups is 1. The Morgan fingerprint density at radius 3 is 3.00 bits per heavy atom. The van der Waals surface area contributed by atoms with E-state index in [0.29, 0.717) is 6.67 Å². The molecule has 0 amide bonds. The molecule has 1 aromatic rings. The summed E-state index contributed by atoms with van der Waals surface area (Å²) in [5.74, 6) is 0.911. The molecule has 0 fully saturated rings. The van der Waals surface area contributed by atoms with E-state index in [0.717, 1.165) is 15.0 Å². The minimum Gasteiger partial charge on any atom is -0.301 e. The summed E-state index contributed by atoms with van der Waals surface area (Å²) in [6.07, 6.45) is 0. The normalized spacial score (nSPS) is 17.7. The number of hydrogen-bond donors (Lipinski definition) is 1. The molecule has 0 atom stereocenters. The number of amidine groups is 1. The van der Waals surface area contributed by atoms with E-state index in [2.05, 4.69) is 10.4 Å². The van der Waals surface area contributed by atoms with E-state index < -0.39 is 0 Å². The lowest BCUT2D eigenvalue weighted by Gasteiger charge is -2.06. The lowest BCUT2D eigenvalue weighted by atomic mass is 10.4. The van der Waals surface area contributed by atoms with Crippen LogP contribution in [0, 0.1) is 0 Å². The topological polar surface area (TPSA) is 27.6 Å². The SMILES string of the molecule is CN1CN=C(c2ccc(Cl)s2)N1. The van der Waals surface area contributed by atoms with Crippen LogP contribution in [0.15, 0.2) is 17.1 Å². The Kier molecular flexibility index (Phi) is 2.04. The Hall–Kier alpha value is -0.580. The van der Waals surface area contributed by atoms with E-state index >= 15 is 0 Å². The molecule has 1 aliphatic rings. The molecule has 0 aliphatic carbocycles. The number of rotatable bonds is 1. The molecule has 5 heteroatoms. The Balaban J connectivity index is 2.21. The molecule has 0 aromatic carbocycles. The van der Waals surface area contributed by atoms with Gasteiger partial charge in [0.15, 0.2) is 5.84 Å². The molecule has 2 heterocycles. The molecule has 2 rings (SSSR count). The van der Waals surface area contributed by atoms with Gasteiger partial charge in [0.2, 0.25) is 0 Å². The first-order valence-corrected chi connectivity index (χ1v) is 4.73. The second-order valence-electron chi connectivity index (χ2n) is 2.56. The van der Waals surface area contributed by atoms with E-state index in [4.69, 9.17) is 11.6 Å². The van der Waals surface area contributed by atoms with Gasteiger partial charge in [-0.1, -0.05) is 11.6 Å². The Labute approximate surface area is 79.6 Å². The average Bonchev–Trinajstić information content (AvgIpc) is 2.58. The summed E-state index contributed by atoms with van der Waals surface area (Å²) < 4.78 is 0.795. The largest absolute Gasteiger partial charge is 0.301 e. The predicted octanol–water partition coefficient (Wildman–Crippen LogP) is 1.56. The smallest absolute Gasteiger partial charge is 0.154 e. The molecule has 1 aromatic heterocycles. The van der Waals surface area contributed by atoms with E-state index in [1.165, 1.54) is 11.3 Å². The summed E-state index contributed by atoms with van der Waals surface area (Å²) in [6, 6.07) is 3.85. The molecule has 1 aliphatic heterocycles. The summed E-state index contributed by atoms with van der Waals surface area (Å²) in [4.78, 5) is 5.37. The maximum atomic E-state index is 5.80. The molecule has 12 heavy (non-hydrogen) atoms. The fraction of sp³-hybridized carbons (Fsp3) is 0.286. The van der Waals surface area contributed by atoms with Gasteiger partial charge >= 0.3 is 0 Å². The monoisotopic (exact) mass is 201 g/mol. The highest BCUT2D eigenvalue weighted by atomic mass is 35.5. The van der Waals surface area contributed by atoms with Crippen molar-refractivity contribution in [2.45, 2.75) is 0 Å². The lowest BCUT2D eigenvalue weighted by Crippen LogP contribution is -2.32. The number of nitrogens with zero attached hydrogens (tertiary/aromatic N) is 2. The van der Waals surface area contributed by atoms with E-state index in [1.807, 2.05) is 24.2 Å². The van der Waals surface area contributed by atoms with Crippen LogP contribution in [0.1, 0.15) is 4.88 Å². The van der Waals surface area contributed by atoms with Gasteiger partial charge in [0.1, 0.15) is 6.67 Å². The molecule has 0 radical (unpaired) electrons. The molecule has 3 nitrogen and oxygen atoms in total. The highest BCUT2D eigenvalue weighted by molar-refractivity contribution is 7.18. The van der Waals surface area contributed by atoms with Crippen molar-refractivity contribution in [1.82, 2.24) is 10.4 Å². The number of nitrogens with one attached hydrogen (secondary N) is 1. The zero-order valence-electron chi connectivity index (χ0n) is 6.54. The van der Waals surface area contributed by atoms with E-state index in [1.54, 1.807) is 0 Å². The van der Waals surface area contributed by atoms with Crippen LogP contribution in [-0.4, -0.2) is 24.6 Å². The number of thiophene rings is 1. The van der Waals surface area contributed by atoms with Crippen LogP contribution in [0.4, 0.5) is 0 Å². The van der Waals surface area contributed by atoms with Crippen LogP contribution >= 0.6 is 22.9 Å². The third-order valence-electron chi connectivity index (χ3n) is 1.54. The third-order valence-corrected chi connectivity index (χ3v) is 2.78. The second-order valence-corrected chi connectivity index (χ2v) is 4.28. The van der Waals surface area contributed by atoms with Gasteiger partial charge in [-0.3, -0.25) is 0 Å². The molecular formula is C7H8ClN3S. The van der Waals surface area contributed by atoms with Gasteiger partial charge in [-0.2, -0.15) is 0 Å². The van der Waals surface area contributed by atoms with Gasteiger partial charge in [-0.15, -0.1) is 11.3 Å². The minimum atomic E-state index is 0.699. The molecule has 0 unspecified atom stereocenters. The fourth-order valence-corrected chi connectivity index (χ4v) is 2.00. The molecular weight excluding hydrogens is 194 g/mol. The molecule has 1 N–H and O–H groups in total. The van der Waals surface area contributed by atoms with Gasteiger partial charge in [0.05, 0.1) is 9.21 Å². The van der Waals surface area contributed by atoms with Gasteiger partial charge < -0.3 is 5.43 Å². The molecule has 0 spiro atoms. The van der Waals surface area contributed by atoms with Crippen molar-refractivity contribution in [3.05, 3.63) is 21.3 Å². The minimum absolute atomic E-state index is 0.699. The molecule has 0 bridgehead atoms. The summed E-state index contributed by atoms with van der Waals surface area (Å²) in [5, 5.41) is 1.92. The third kappa shape index (κ3) is 1.46. The second kappa shape index (κ2) is 3.05. The van der Waals surface area contributed by atoms with Crippen molar-refractivity contribution in [2.75, 3.05) is 13.7 Å². The van der Waals surface area contributed by atoms with Gasteiger partial charge in [0, 0.05) is 7.05 Å². The van der Waals surface area contributed by atoms with Crippen LogP contribution in [0.3, 0.4) is 0 Å². The Morgan fingerprint density at radius 2 is 2.50 bits per heavy atom. The molecule has 64 valence electrons. The van der Waals surface area contributed by atoms with Gasteiger partial charge in [0.25, 0.3) is 0 Å². The summed E-state index contributed by atoms with van der Waals surface area (Å²) in [6.45, 7) is 0.699. The predicted molar refractivity (Wildman–Crippen MR) is 51.6 cm³/mol. The molecule has 0 saturated heterocycles. The average molecular weight is 202 g/mol. The highest BCUT2D eigenvalue weighted by Gasteiger charge is 2.13. The lowest BCUT2D eigenvalue weighted by molar-refractivity contribution is 0.331. The molecule has 0 saturated carbocycles. The van der Waals surface area contributed by atoms with E-state index in [-0.39, 0.29) is 0 Å². The number of hydrogen-bond acceptors (Lipinski definition) is 4. The quantitative estimate of drug-likeness (QED) is 0.747. The van der Waals surface area contributed by atoms with Gasteiger partial charge in [-0.05, 0) is 12.1 Å². The Morgan fingerprint density at radius 1 is 1.67 bits per heavy atom. The maximum Gasteiger partial charge on any atom is 0.154 e. The summed E-state index contributed by atoms with van der Waals surface area (Å²) in [7, 11) is 1.95. The van der Waals surface area contributed by atoms with Crippen LogP contribution in [-0.2, 0) is 0 Å². The maximum absolute atomic E-state index is 5.80. The first kappa shape index (κ1) is 8.04. The van der Waals surface area contributed by atoms with Crippen LogP contribution < -0.4 is 5.43 Å². The van der Waals surface area contributed by atoms with Crippen molar-refractivity contribution in [1.29, 1.82) is 0 Å². The van der Waals surface area contributed by atoms with Crippen molar-refractivity contribution in [3.63, 3.8) is 0 Å². The highest BCUT2D eigenvalue weighted by Crippen LogP contribution is 2.22. The fourth-order valence-electron chi connectivity index (χ4n) is 1.00. The van der Waals surface area contributed by atoms with Crippen LogP contribution in [0.5, 0.6) is 0 Å². The van der Waals surface area contributed by atoms with Crippen molar-refractivity contribution >= 4 is 28.8 Å². The van der Waals surface area contributed by atoms with Gasteiger partial charge in [-0.25, -0.2) is 10.0 Å². The zero-order chi connectivity index (χ0) is 8.55. The number of halogens is 1. The van der Waals surface area contributed by atoms with Crippen LogP contribution in [0.25, 0.3) is 0 Å². The summed E-state index contributed by atoms with van der Waals surface area (Å²) in [5.41, 5.74) is 3.12. The van der Waals surface area contributed by atoms with Crippen LogP contribution in [0.2, 0.25) is 4.34 Å². The first-order chi connectivity index (χ1) is 5.75. The van der Waals surface area contributed by atoms with Crippen molar-refractivity contribution in [2.24, 2.45) is 4.99 Å². The van der Waals surface area contributed by atoms with Crippen molar-refractivity contribution in [3.8, 4) is 0 Å². The first-order valence-electron chi connectivity index (χ1n) is 3.53. The Bertz CT molecular complexity index is 320. The zero-order valence-corrected chi connectivity index (χ0v) is 8.11. The number of hydrazine groups is 1. The standard InChI is InChI=1S/C7H8ClN3S/c1-11-4-9-7(10-11)5-2-3-6(8)12-5/h2-3H,4H2,1H3,(H,9,10). The van der Waals surface area contributed by atoms with Crippen molar-refractivity contribution < 1.29 is 0 Å². The summed E-state index contributed by atoms with van der Waals surface area (Å²) >= 11 is 7.33. The van der Waals surface area contributed by atoms with E-state index in [9.17, 15) is 0 Å².